The van der Waals surface area contributed by atoms with Crippen molar-refractivity contribution in [1.82, 2.24) is 25.1 Å². The minimum absolute atomic E-state index is 0.226. The predicted octanol–water partition coefficient (Wildman–Crippen LogP) is 7.95. The SMILES string of the molecule is CC(C)[Si](OCc1nc2c(I)nn(COCC[Si](C)(C)C)c2nc1N1CCC2(CC1)COCC2OC(=O)NC(C)(C)C)(C(C)C)C(C)C. The number of alkyl carbamates (subject to hydrolysis) is 1. The van der Waals surface area contributed by atoms with Crippen LogP contribution in [-0.2, 0) is 32.0 Å². The molecule has 2 aromatic heterocycles. The number of hydrogen-bond donors (Lipinski definition) is 1. The largest absolute Gasteiger partial charge is 0.443 e. The van der Waals surface area contributed by atoms with Crippen LogP contribution in [0.2, 0.25) is 42.3 Å². The fraction of sp³-hybridized carbons (Fsp3) is 0.824. The lowest BCUT2D eigenvalue weighted by Gasteiger charge is -2.43. The number of aromatic nitrogens is 4. The summed E-state index contributed by atoms with van der Waals surface area (Å²) in [6.07, 6.45) is 0.961. The Bertz CT molecular complexity index is 1380. The third kappa shape index (κ3) is 9.11. The fourth-order valence-corrected chi connectivity index (χ4v) is 14.3. The molecule has 0 bridgehead atoms. The Kier molecular flexibility index (Phi) is 12.7. The molecule has 4 heterocycles. The Labute approximate surface area is 304 Å². The zero-order valence-electron chi connectivity index (χ0n) is 31.5. The highest BCUT2D eigenvalue weighted by Crippen LogP contribution is 2.45. The highest BCUT2D eigenvalue weighted by molar-refractivity contribution is 14.1. The maximum absolute atomic E-state index is 12.7. The average molecular weight is 817 g/mol. The van der Waals surface area contributed by atoms with Gasteiger partial charge >= 0.3 is 6.09 Å². The van der Waals surface area contributed by atoms with E-state index in [1.165, 1.54) is 0 Å². The first-order valence-corrected chi connectivity index (χ1v) is 24.7. The molecule has 2 fully saturated rings. The van der Waals surface area contributed by atoms with Gasteiger partial charge in [0.1, 0.15) is 24.0 Å². The van der Waals surface area contributed by atoms with Crippen LogP contribution in [0.1, 0.15) is 80.8 Å². The molecule has 2 aliphatic heterocycles. The van der Waals surface area contributed by atoms with Gasteiger partial charge in [-0.2, -0.15) is 5.10 Å². The van der Waals surface area contributed by atoms with Crippen molar-refractivity contribution in [3.05, 3.63) is 9.39 Å². The Hall–Kier alpha value is -1.34. The lowest BCUT2D eigenvalue weighted by molar-refractivity contribution is 0.0210. The Balaban J connectivity index is 1.64. The van der Waals surface area contributed by atoms with E-state index >= 15 is 0 Å². The van der Waals surface area contributed by atoms with Gasteiger partial charge in [0, 0.05) is 38.7 Å². The van der Waals surface area contributed by atoms with Crippen LogP contribution < -0.4 is 10.2 Å². The number of piperidine rings is 1. The molecule has 11 nitrogen and oxygen atoms in total. The Morgan fingerprint density at radius 2 is 1.69 bits per heavy atom. The van der Waals surface area contributed by atoms with E-state index < -0.39 is 22.5 Å². The summed E-state index contributed by atoms with van der Waals surface area (Å²) >= 11 is 2.26. The number of rotatable bonds is 13. The summed E-state index contributed by atoms with van der Waals surface area (Å²) in [7, 11) is -3.37. The summed E-state index contributed by atoms with van der Waals surface area (Å²) in [5, 5.41) is 7.74. The van der Waals surface area contributed by atoms with E-state index in [0.29, 0.717) is 49.8 Å². The lowest BCUT2D eigenvalue weighted by Crippen LogP contribution is -2.50. The van der Waals surface area contributed by atoms with Crippen LogP contribution in [0.25, 0.3) is 11.2 Å². The molecule has 1 atom stereocenters. The van der Waals surface area contributed by atoms with Crippen LogP contribution in [0.3, 0.4) is 0 Å². The molecule has 0 radical (unpaired) electrons. The number of carbonyl (C=O) groups excluding carboxylic acids is 1. The minimum Gasteiger partial charge on any atom is -0.443 e. The van der Waals surface area contributed by atoms with Crippen LogP contribution in [0, 0.1) is 9.12 Å². The van der Waals surface area contributed by atoms with E-state index in [2.05, 4.69) is 94.0 Å². The van der Waals surface area contributed by atoms with Crippen molar-refractivity contribution >= 4 is 62.1 Å². The van der Waals surface area contributed by atoms with Crippen molar-refractivity contribution < 1.29 is 23.4 Å². The number of fused-ring (bicyclic) bond motifs is 1. The number of carbonyl (C=O) groups is 1. The standard InChI is InChI=1S/C34H61IN6O5Si2/c1-23(2)48(24(3)4,25(5)6)45-19-26-30(37-31-28(36-26)29(35)39-41(31)22-43-17-18-47(10,11)12)40-15-13-34(14-16-40)21-44-20-27(34)46-32(42)38-33(7,8)9/h23-25,27H,13-22H2,1-12H3,(H,38,42). The van der Waals surface area contributed by atoms with Gasteiger partial charge in [-0.1, -0.05) is 61.2 Å². The molecule has 1 N–H and O–H groups in total. The van der Waals surface area contributed by atoms with Gasteiger partial charge in [0.05, 0.1) is 19.8 Å². The first-order valence-electron chi connectivity index (χ1n) is 17.7. The van der Waals surface area contributed by atoms with Gasteiger partial charge < -0.3 is 28.9 Å². The molecule has 272 valence electrons. The minimum atomic E-state index is -2.16. The number of hydrogen-bond acceptors (Lipinski definition) is 9. The molecule has 14 heteroatoms. The van der Waals surface area contributed by atoms with Gasteiger partial charge in [0.25, 0.3) is 0 Å². The van der Waals surface area contributed by atoms with Crippen LogP contribution in [-0.4, -0.2) is 86.8 Å². The third-order valence-electron chi connectivity index (χ3n) is 10.1. The van der Waals surface area contributed by atoms with Crippen LogP contribution in [0.5, 0.6) is 0 Å². The molecule has 1 spiro atoms. The summed E-state index contributed by atoms with van der Waals surface area (Å²) < 4.78 is 27.8. The lowest BCUT2D eigenvalue weighted by atomic mass is 9.76. The molecule has 1 amide bonds. The van der Waals surface area contributed by atoms with Crippen LogP contribution in [0.4, 0.5) is 10.6 Å². The second-order valence-corrected chi connectivity index (χ2v) is 29.1. The summed E-state index contributed by atoms with van der Waals surface area (Å²) in [4.78, 5) is 25.6. The van der Waals surface area contributed by atoms with Gasteiger partial charge in [-0.15, -0.1) is 0 Å². The highest BCUT2D eigenvalue weighted by Gasteiger charge is 2.49. The molecule has 48 heavy (non-hydrogen) atoms. The van der Waals surface area contributed by atoms with E-state index in [4.69, 9.17) is 33.7 Å². The van der Waals surface area contributed by atoms with Crippen molar-refractivity contribution in [2.24, 2.45) is 5.41 Å². The number of halogens is 1. The molecule has 2 aromatic rings. The topological polar surface area (TPSA) is 113 Å². The molecule has 2 aliphatic rings. The van der Waals surface area contributed by atoms with E-state index in [9.17, 15) is 4.79 Å². The van der Waals surface area contributed by atoms with Crippen molar-refractivity contribution in [3.8, 4) is 0 Å². The fourth-order valence-electron chi connectivity index (χ4n) is 7.53. The predicted molar refractivity (Wildman–Crippen MR) is 206 cm³/mol. The van der Waals surface area contributed by atoms with E-state index in [1.54, 1.807) is 0 Å². The van der Waals surface area contributed by atoms with Gasteiger partial charge in [0.15, 0.2) is 15.2 Å². The van der Waals surface area contributed by atoms with E-state index in [0.717, 1.165) is 58.4 Å². The monoisotopic (exact) mass is 816 g/mol. The number of anilines is 1. The quantitative estimate of drug-likeness (QED) is 0.122. The van der Waals surface area contributed by atoms with Gasteiger partial charge in [0.2, 0.25) is 8.32 Å². The number of nitrogens with one attached hydrogen (secondary N) is 1. The maximum Gasteiger partial charge on any atom is 0.407 e. The second kappa shape index (κ2) is 15.5. The smallest absolute Gasteiger partial charge is 0.407 e. The normalized spacial score (nSPS) is 19.0. The summed E-state index contributed by atoms with van der Waals surface area (Å²) in [6.45, 7) is 30.8. The third-order valence-corrected chi connectivity index (χ3v) is 18.6. The zero-order valence-corrected chi connectivity index (χ0v) is 35.7. The summed E-state index contributed by atoms with van der Waals surface area (Å²) in [5.74, 6) is 0.845. The highest BCUT2D eigenvalue weighted by atomic mass is 127. The average Bonchev–Trinajstić information content (AvgIpc) is 3.48. The molecule has 0 saturated carbocycles. The van der Waals surface area contributed by atoms with Gasteiger partial charge in [-0.3, -0.25) is 0 Å². The van der Waals surface area contributed by atoms with Crippen molar-refractivity contribution in [2.45, 2.75) is 142 Å². The molecular formula is C34H61IN6O5Si2. The van der Waals surface area contributed by atoms with Gasteiger partial charge in [-0.05, 0) is 78.9 Å². The molecule has 2 saturated heterocycles. The number of ether oxygens (including phenoxy) is 3. The first kappa shape index (κ1) is 39.4. The second-order valence-electron chi connectivity index (χ2n) is 17.0. The summed E-state index contributed by atoms with van der Waals surface area (Å²) in [5.41, 5.74) is 3.15. The van der Waals surface area contributed by atoms with E-state index in [-0.39, 0.29) is 17.1 Å². The first-order chi connectivity index (χ1) is 22.3. The van der Waals surface area contributed by atoms with Crippen LogP contribution >= 0.6 is 22.6 Å². The van der Waals surface area contributed by atoms with Crippen molar-refractivity contribution in [2.75, 3.05) is 37.8 Å². The zero-order chi connectivity index (χ0) is 35.7. The molecule has 1 unspecified atom stereocenters. The maximum atomic E-state index is 12.7. The number of amides is 1. The van der Waals surface area contributed by atoms with Crippen molar-refractivity contribution in [3.63, 3.8) is 0 Å². The molecule has 0 aromatic carbocycles. The molecule has 4 rings (SSSR count). The number of nitrogens with zero attached hydrogens (tertiary/aromatic N) is 5. The molecular weight excluding hydrogens is 755 g/mol. The van der Waals surface area contributed by atoms with E-state index in [1.807, 2.05) is 25.5 Å². The van der Waals surface area contributed by atoms with Gasteiger partial charge in [-0.25, -0.2) is 19.4 Å². The molecule has 0 aliphatic carbocycles. The Morgan fingerprint density at radius 1 is 1.06 bits per heavy atom. The Morgan fingerprint density at radius 3 is 2.25 bits per heavy atom. The van der Waals surface area contributed by atoms with Crippen LogP contribution in [0.15, 0.2) is 0 Å². The summed E-state index contributed by atoms with van der Waals surface area (Å²) in [6, 6.07) is 1.09. The van der Waals surface area contributed by atoms with Crippen molar-refractivity contribution in [1.29, 1.82) is 0 Å².